The zero-order chi connectivity index (χ0) is 9.94. The van der Waals surface area contributed by atoms with E-state index in [2.05, 4.69) is 17.4 Å². The molecule has 0 unspecified atom stereocenters. The first-order valence-corrected chi connectivity index (χ1v) is 4.33. The molecule has 0 N–H and O–H groups in total. The summed E-state index contributed by atoms with van der Waals surface area (Å²) in [6.45, 7) is 3.57. The molecule has 0 atom stereocenters. The van der Waals surface area contributed by atoms with Gasteiger partial charge >= 0.3 is 5.97 Å². The van der Waals surface area contributed by atoms with E-state index in [4.69, 9.17) is 0 Å². The number of carbonyl (C=O) groups is 1. The second-order valence-corrected chi connectivity index (χ2v) is 2.52. The van der Waals surface area contributed by atoms with Gasteiger partial charge in [0.1, 0.15) is 0 Å². The molecule has 0 aliphatic carbocycles. The lowest BCUT2D eigenvalue weighted by Gasteiger charge is -1.90. The zero-order valence-corrected chi connectivity index (χ0v) is 8.03. The number of methoxy groups -OCH3 is 1. The highest BCUT2D eigenvalue weighted by Crippen LogP contribution is 1.98. The van der Waals surface area contributed by atoms with Crippen LogP contribution in [0.2, 0.25) is 0 Å². The number of unbranched alkanes of at least 4 members (excludes halogenated alkanes) is 2. The largest absolute Gasteiger partial charge is 0.466 e. The van der Waals surface area contributed by atoms with Crippen molar-refractivity contribution < 1.29 is 9.53 Å². The van der Waals surface area contributed by atoms with E-state index < -0.39 is 0 Å². The molecule has 0 fully saturated rings. The van der Waals surface area contributed by atoms with Crippen molar-refractivity contribution in [2.24, 2.45) is 0 Å². The maximum Gasteiger partial charge on any atom is 0.330 e. The lowest BCUT2D eigenvalue weighted by atomic mass is 10.2. The SMILES string of the molecule is C=C/C=C/CCC/C=C\C(=O)OC. The van der Waals surface area contributed by atoms with E-state index in [0.29, 0.717) is 0 Å². The molecule has 72 valence electrons. The van der Waals surface area contributed by atoms with Crippen LogP contribution in [0.5, 0.6) is 0 Å². The van der Waals surface area contributed by atoms with Crippen LogP contribution in [0.4, 0.5) is 0 Å². The van der Waals surface area contributed by atoms with Gasteiger partial charge in [-0.05, 0) is 19.3 Å². The molecule has 0 aromatic carbocycles. The molecular weight excluding hydrogens is 164 g/mol. The van der Waals surface area contributed by atoms with Crippen molar-refractivity contribution in [2.45, 2.75) is 19.3 Å². The summed E-state index contributed by atoms with van der Waals surface area (Å²) in [6.07, 6.45) is 12.0. The van der Waals surface area contributed by atoms with Crippen molar-refractivity contribution in [3.05, 3.63) is 37.0 Å². The average Bonchev–Trinajstić information content (AvgIpc) is 2.16. The lowest BCUT2D eigenvalue weighted by molar-refractivity contribution is -0.134. The molecule has 0 aliphatic heterocycles. The molecule has 0 saturated carbocycles. The van der Waals surface area contributed by atoms with Crippen LogP contribution in [0, 0.1) is 0 Å². The average molecular weight is 180 g/mol. The first-order chi connectivity index (χ1) is 6.31. The Balaban J connectivity index is 3.34. The smallest absolute Gasteiger partial charge is 0.330 e. The van der Waals surface area contributed by atoms with Crippen LogP contribution >= 0.6 is 0 Å². The predicted octanol–water partition coefficient (Wildman–Crippen LogP) is 2.63. The van der Waals surface area contributed by atoms with Crippen molar-refractivity contribution in [1.82, 2.24) is 0 Å². The monoisotopic (exact) mass is 180 g/mol. The number of carbonyl (C=O) groups excluding carboxylic acids is 1. The Bertz CT molecular complexity index is 202. The molecular formula is C11H16O2. The van der Waals surface area contributed by atoms with Crippen LogP contribution in [0.25, 0.3) is 0 Å². The number of rotatable bonds is 6. The fraction of sp³-hybridized carbons (Fsp3) is 0.364. The van der Waals surface area contributed by atoms with Gasteiger partial charge in [-0.3, -0.25) is 0 Å². The van der Waals surface area contributed by atoms with Gasteiger partial charge in [-0.1, -0.05) is 30.9 Å². The summed E-state index contributed by atoms with van der Waals surface area (Å²) >= 11 is 0. The minimum Gasteiger partial charge on any atom is -0.466 e. The van der Waals surface area contributed by atoms with E-state index in [1.54, 1.807) is 6.08 Å². The number of ether oxygens (including phenoxy) is 1. The van der Waals surface area contributed by atoms with Crippen LogP contribution < -0.4 is 0 Å². The Morgan fingerprint density at radius 1 is 1.38 bits per heavy atom. The summed E-state index contributed by atoms with van der Waals surface area (Å²) in [6, 6.07) is 0. The molecule has 0 rings (SSSR count). The first kappa shape index (κ1) is 11.7. The second kappa shape index (κ2) is 8.78. The fourth-order valence-electron chi connectivity index (χ4n) is 0.794. The molecule has 2 nitrogen and oxygen atoms in total. The standard InChI is InChI=1S/C11H16O2/c1-3-4-5-6-7-8-9-10-11(12)13-2/h3-5,9-10H,1,6-8H2,2H3/b5-4+,10-9-. The van der Waals surface area contributed by atoms with Crippen molar-refractivity contribution >= 4 is 5.97 Å². The third kappa shape index (κ3) is 8.60. The molecule has 0 amide bonds. The molecule has 0 aromatic heterocycles. The van der Waals surface area contributed by atoms with Crippen LogP contribution in [0.1, 0.15) is 19.3 Å². The summed E-state index contributed by atoms with van der Waals surface area (Å²) in [5, 5.41) is 0. The van der Waals surface area contributed by atoms with E-state index in [-0.39, 0.29) is 5.97 Å². The van der Waals surface area contributed by atoms with E-state index in [1.165, 1.54) is 13.2 Å². The Hall–Kier alpha value is -1.31. The van der Waals surface area contributed by atoms with Crippen LogP contribution in [0.15, 0.2) is 37.0 Å². The van der Waals surface area contributed by atoms with E-state index in [9.17, 15) is 4.79 Å². The maximum atomic E-state index is 10.6. The number of hydrogen-bond acceptors (Lipinski definition) is 2. The summed E-state index contributed by atoms with van der Waals surface area (Å²) in [4.78, 5) is 10.6. The van der Waals surface area contributed by atoms with Crippen LogP contribution in [0.3, 0.4) is 0 Å². The van der Waals surface area contributed by atoms with Gasteiger partial charge in [-0.2, -0.15) is 0 Å². The first-order valence-electron chi connectivity index (χ1n) is 4.33. The minimum atomic E-state index is -0.290. The third-order valence-corrected chi connectivity index (χ3v) is 1.47. The molecule has 0 heterocycles. The van der Waals surface area contributed by atoms with Crippen molar-refractivity contribution in [2.75, 3.05) is 7.11 Å². The van der Waals surface area contributed by atoms with Crippen molar-refractivity contribution in [3.63, 3.8) is 0 Å². The second-order valence-electron chi connectivity index (χ2n) is 2.52. The van der Waals surface area contributed by atoms with Crippen LogP contribution in [-0.4, -0.2) is 13.1 Å². The molecule has 0 aliphatic rings. The zero-order valence-electron chi connectivity index (χ0n) is 8.03. The topological polar surface area (TPSA) is 26.3 Å². The highest BCUT2D eigenvalue weighted by molar-refractivity contribution is 5.81. The quantitative estimate of drug-likeness (QED) is 0.272. The highest BCUT2D eigenvalue weighted by atomic mass is 16.5. The van der Waals surface area contributed by atoms with Gasteiger partial charge < -0.3 is 4.74 Å². The van der Waals surface area contributed by atoms with Crippen molar-refractivity contribution in [3.8, 4) is 0 Å². The lowest BCUT2D eigenvalue weighted by Crippen LogP contribution is -1.93. The highest BCUT2D eigenvalue weighted by Gasteiger charge is 1.88. The summed E-state index contributed by atoms with van der Waals surface area (Å²) in [7, 11) is 1.37. The minimum absolute atomic E-state index is 0.290. The Labute approximate surface area is 79.6 Å². The van der Waals surface area contributed by atoms with E-state index in [0.717, 1.165) is 19.3 Å². The van der Waals surface area contributed by atoms with Gasteiger partial charge in [0.15, 0.2) is 0 Å². The molecule has 2 heteroatoms. The number of hydrogen-bond donors (Lipinski definition) is 0. The van der Waals surface area contributed by atoms with Gasteiger partial charge in [0.2, 0.25) is 0 Å². The van der Waals surface area contributed by atoms with Crippen molar-refractivity contribution in [1.29, 1.82) is 0 Å². The Morgan fingerprint density at radius 3 is 2.69 bits per heavy atom. The Morgan fingerprint density at radius 2 is 2.08 bits per heavy atom. The summed E-state index contributed by atoms with van der Waals surface area (Å²) < 4.78 is 4.44. The Kier molecular flexibility index (Phi) is 7.90. The number of allylic oxidation sites excluding steroid dienone is 4. The normalized spacial score (nSPS) is 10.8. The third-order valence-electron chi connectivity index (χ3n) is 1.47. The summed E-state index contributed by atoms with van der Waals surface area (Å²) in [5.74, 6) is -0.290. The van der Waals surface area contributed by atoms with Crippen LogP contribution in [-0.2, 0) is 9.53 Å². The maximum absolute atomic E-state index is 10.6. The molecule has 13 heavy (non-hydrogen) atoms. The summed E-state index contributed by atoms with van der Waals surface area (Å²) in [5.41, 5.74) is 0. The molecule has 0 saturated heterocycles. The fourth-order valence-corrected chi connectivity index (χ4v) is 0.794. The predicted molar refractivity (Wildman–Crippen MR) is 54.3 cm³/mol. The molecule has 0 spiro atoms. The van der Waals surface area contributed by atoms with Gasteiger partial charge in [0.25, 0.3) is 0 Å². The molecule has 0 bridgehead atoms. The van der Waals surface area contributed by atoms with Gasteiger partial charge in [0, 0.05) is 6.08 Å². The van der Waals surface area contributed by atoms with Gasteiger partial charge in [-0.15, -0.1) is 0 Å². The van der Waals surface area contributed by atoms with Gasteiger partial charge in [0.05, 0.1) is 7.11 Å². The van der Waals surface area contributed by atoms with Gasteiger partial charge in [-0.25, -0.2) is 4.79 Å². The molecule has 0 aromatic rings. The number of esters is 1. The van der Waals surface area contributed by atoms with E-state index >= 15 is 0 Å². The molecule has 0 radical (unpaired) electrons. The van der Waals surface area contributed by atoms with E-state index in [1.807, 2.05) is 12.2 Å².